The van der Waals surface area contributed by atoms with Crippen LogP contribution in [0.3, 0.4) is 0 Å². The molecule has 0 aliphatic heterocycles. The summed E-state index contributed by atoms with van der Waals surface area (Å²) in [6, 6.07) is 11.6. The summed E-state index contributed by atoms with van der Waals surface area (Å²) in [5, 5.41) is 16.1. The van der Waals surface area contributed by atoms with E-state index in [4.69, 9.17) is 5.26 Å². The Morgan fingerprint density at radius 2 is 1.93 bits per heavy atom. The first kappa shape index (κ1) is 17.7. The summed E-state index contributed by atoms with van der Waals surface area (Å²) >= 11 is 0. The van der Waals surface area contributed by atoms with Crippen LogP contribution in [0.4, 0.5) is 8.78 Å². The molecule has 0 spiro atoms. The average molecular weight is 375 g/mol. The molecular weight excluding hydrogens is 360 g/mol. The third-order valence-corrected chi connectivity index (χ3v) is 4.43. The van der Waals surface area contributed by atoms with Crippen molar-refractivity contribution >= 4 is 11.0 Å². The van der Waals surface area contributed by atoms with Gasteiger partial charge in [0.1, 0.15) is 28.4 Å². The summed E-state index contributed by atoms with van der Waals surface area (Å²) < 4.78 is 29.2. The van der Waals surface area contributed by atoms with Crippen LogP contribution in [0.2, 0.25) is 0 Å². The highest BCUT2D eigenvalue weighted by atomic mass is 19.1. The molecule has 7 heteroatoms. The van der Waals surface area contributed by atoms with E-state index in [9.17, 15) is 8.78 Å². The number of benzene rings is 2. The van der Waals surface area contributed by atoms with E-state index in [1.165, 1.54) is 18.3 Å². The smallest absolute Gasteiger partial charge is 0.165 e. The van der Waals surface area contributed by atoms with Gasteiger partial charge < -0.3 is 0 Å². The van der Waals surface area contributed by atoms with Gasteiger partial charge in [-0.15, -0.1) is 0 Å². The zero-order valence-electron chi connectivity index (χ0n) is 15.0. The number of nitrogens with zero attached hydrogens (tertiary/aromatic N) is 4. The molecule has 1 N–H and O–H groups in total. The van der Waals surface area contributed by atoms with Gasteiger partial charge in [-0.2, -0.15) is 10.4 Å². The lowest BCUT2D eigenvalue weighted by Crippen LogP contribution is -1.98. The third kappa shape index (κ3) is 3.09. The van der Waals surface area contributed by atoms with Gasteiger partial charge in [0.15, 0.2) is 5.82 Å². The number of aromatic amines is 1. The Labute approximate surface area is 159 Å². The van der Waals surface area contributed by atoms with Gasteiger partial charge in [0, 0.05) is 5.56 Å². The minimum atomic E-state index is -0.695. The number of nitriles is 1. The number of hydrogen-bond donors (Lipinski definition) is 1. The highest BCUT2D eigenvalue weighted by Crippen LogP contribution is 2.29. The fraction of sp³-hybridized carbons (Fsp3) is 0.143. The predicted molar refractivity (Wildman–Crippen MR) is 101 cm³/mol. The Morgan fingerprint density at radius 3 is 2.64 bits per heavy atom. The van der Waals surface area contributed by atoms with Gasteiger partial charge in [0.2, 0.25) is 0 Å². The van der Waals surface area contributed by atoms with Crippen LogP contribution in [0.5, 0.6) is 0 Å². The molecule has 0 aliphatic carbocycles. The number of fused-ring (bicyclic) bond motifs is 1. The lowest BCUT2D eigenvalue weighted by atomic mass is 10.1. The zero-order valence-corrected chi connectivity index (χ0v) is 15.0. The van der Waals surface area contributed by atoms with E-state index >= 15 is 0 Å². The van der Waals surface area contributed by atoms with E-state index < -0.39 is 11.6 Å². The van der Waals surface area contributed by atoms with E-state index in [-0.39, 0.29) is 11.4 Å². The van der Waals surface area contributed by atoms with Gasteiger partial charge in [-0.05, 0) is 36.2 Å². The number of hydrogen-bond acceptors (Lipinski definition) is 4. The summed E-state index contributed by atoms with van der Waals surface area (Å²) in [5.41, 5.74) is 2.93. The van der Waals surface area contributed by atoms with E-state index in [0.29, 0.717) is 39.8 Å². The van der Waals surface area contributed by atoms with Crippen molar-refractivity contribution in [3.05, 3.63) is 65.4 Å². The molecule has 2 heterocycles. The first-order chi connectivity index (χ1) is 13.6. The highest BCUT2D eigenvalue weighted by Gasteiger charge is 2.18. The normalized spacial score (nSPS) is 10.9. The van der Waals surface area contributed by atoms with E-state index in [1.807, 2.05) is 6.92 Å². The van der Waals surface area contributed by atoms with Crippen molar-refractivity contribution in [2.45, 2.75) is 19.8 Å². The molecule has 0 saturated heterocycles. The number of halogens is 2. The number of aromatic nitrogens is 4. The van der Waals surface area contributed by atoms with Crippen LogP contribution in [0, 0.1) is 23.0 Å². The molecule has 0 amide bonds. The van der Waals surface area contributed by atoms with Crippen molar-refractivity contribution in [2.75, 3.05) is 0 Å². The molecule has 0 bridgehead atoms. The largest absolute Gasteiger partial charge is 0.274 e. The third-order valence-electron chi connectivity index (χ3n) is 4.43. The summed E-state index contributed by atoms with van der Waals surface area (Å²) in [5.74, 6) is -1.44. The second-order valence-corrected chi connectivity index (χ2v) is 6.41. The zero-order chi connectivity index (χ0) is 19.7. The van der Waals surface area contributed by atoms with E-state index in [0.717, 1.165) is 6.42 Å². The Bertz CT molecular complexity index is 1200. The summed E-state index contributed by atoms with van der Waals surface area (Å²) in [6.07, 6.45) is 2.83. The molecule has 4 aromatic rings. The van der Waals surface area contributed by atoms with Crippen LogP contribution >= 0.6 is 0 Å². The summed E-state index contributed by atoms with van der Waals surface area (Å²) in [6.45, 7) is 1.95. The predicted octanol–water partition coefficient (Wildman–Crippen LogP) is 4.79. The van der Waals surface area contributed by atoms with Crippen molar-refractivity contribution in [3.8, 4) is 28.7 Å². The Hall–Kier alpha value is -3.66. The average Bonchev–Trinajstić information content (AvgIpc) is 3.11. The van der Waals surface area contributed by atoms with Crippen LogP contribution in [-0.4, -0.2) is 20.2 Å². The molecule has 0 aliphatic rings. The molecule has 2 aromatic carbocycles. The number of H-pyrrole nitrogens is 1. The van der Waals surface area contributed by atoms with Gasteiger partial charge in [0.05, 0.1) is 23.4 Å². The highest BCUT2D eigenvalue weighted by molar-refractivity contribution is 5.90. The summed E-state index contributed by atoms with van der Waals surface area (Å²) in [4.78, 5) is 8.47. The maximum absolute atomic E-state index is 14.6. The first-order valence-electron chi connectivity index (χ1n) is 8.80. The fourth-order valence-corrected chi connectivity index (χ4v) is 3.14. The molecular formula is C21H15F2N5. The molecule has 2 aromatic heterocycles. The minimum absolute atomic E-state index is 0.0513. The molecule has 0 saturated carbocycles. The fourth-order valence-electron chi connectivity index (χ4n) is 3.14. The number of rotatable bonds is 4. The van der Waals surface area contributed by atoms with Crippen molar-refractivity contribution in [2.24, 2.45) is 0 Å². The van der Waals surface area contributed by atoms with E-state index in [1.54, 1.807) is 24.3 Å². The van der Waals surface area contributed by atoms with Crippen molar-refractivity contribution in [3.63, 3.8) is 0 Å². The van der Waals surface area contributed by atoms with Crippen LogP contribution in [0.1, 0.15) is 24.5 Å². The minimum Gasteiger partial charge on any atom is -0.274 e. The van der Waals surface area contributed by atoms with Crippen LogP contribution in [0.25, 0.3) is 33.7 Å². The van der Waals surface area contributed by atoms with Crippen molar-refractivity contribution < 1.29 is 8.78 Å². The Balaban J connectivity index is 1.86. The molecule has 5 nitrogen and oxygen atoms in total. The molecule has 0 atom stereocenters. The van der Waals surface area contributed by atoms with Gasteiger partial charge in [-0.25, -0.2) is 18.7 Å². The molecule has 0 radical (unpaired) electrons. The Morgan fingerprint density at radius 1 is 1.14 bits per heavy atom. The Kier molecular flexibility index (Phi) is 4.53. The number of aryl methyl sites for hydroxylation is 1. The second kappa shape index (κ2) is 7.16. The van der Waals surface area contributed by atoms with Gasteiger partial charge >= 0.3 is 0 Å². The van der Waals surface area contributed by atoms with Gasteiger partial charge in [-0.3, -0.25) is 5.10 Å². The molecule has 138 valence electrons. The first-order valence-corrected chi connectivity index (χ1v) is 8.80. The van der Waals surface area contributed by atoms with Crippen LogP contribution < -0.4 is 0 Å². The van der Waals surface area contributed by atoms with Gasteiger partial charge in [0.25, 0.3) is 0 Å². The lowest BCUT2D eigenvalue weighted by Gasteiger charge is -2.07. The SMILES string of the molecule is CCCc1cc(F)c(-c2ncc3[nH]nc(-c4cccc(C#N)c4)c3n2)c(F)c1. The number of nitrogens with one attached hydrogen (secondary N) is 1. The van der Waals surface area contributed by atoms with Crippen molar-refractivity contribution in [1.29, 1.82) is 5.26 Å². The quantitative estimate of drug-likeness (QED) is 0.556. The lowest BCUT2D eigenvalue weighted by molar-refractivity contribution is 0.583. The topological polar surface area (TPSA) is 78.2 Å². The van der Waals surface area contributed by atoms with E-state index in [2.05, 4.69) is 26.2 Å². The second-order valence-electron chi connectivity index (χ2n) is 6.41. The maximum atomic E-state index is 14.6. The molecule has 4 rings (SSSR count). The molecule has 28 heavy (non-hydrogen) atoms. The summed E-state index contributed by atoms with van der Waals surface area (Å²) in [7, 11) is 0. The standard InChI is InChI=1S/C21H15F2N5/c1-2-4-12-8-15(22)18(16(23)9-12)21-25-11-17-20(26-21)19(28-27-17)14-6-3-5-13(7-14)10-24/h3,5-9,11H,2,4H2,1H3,(H,27,28). The molecule has 0 unspecified atom stereocenters. The molecule has 0 fully saturated rings. The maximum Gasteiger partial charge on any atom is 0.165 e. The van der Waals surface area contributed by atoms with Crippen LogP contribution in [0.15, 0.2) is 42.6 Å². The van der Waals surface area contributed by atoms with Crippen molar-refractivity contribution in [1.82, 2.24) is 20.2 Å². The monoisotopic (exact) mass is 375 g/mol. The van der Waals surface area contributed by atoms with Crippen LogP contribution in [-0.2, 0) is 6.42 Å². The van der Waals surface area contributed by atoms with Gasteiger partial charge in [-0.1, -0.05) is 25.5 Å².